The van der Waals surface area contributed by atoms with Gasteiger partial charge in [0.2, 0.25) is 5.91 Å². The number of para-hydroxylation sites is 1. The molecule has 0 aliphatic carbocycles. The molecule has 0 heterocycles. The van der Waals surface area contributed by atoms with Crippen molar-refractivity contribution in [1.29, 1.82) is 0 Å². The van der Waals surface area contributed by atoms with E-state index in [2.05, 4.69) is 5.32 Å². The van der Waals surface area contributed by atoms with Crippen LogP contribution in [0.25, 0.3) is 6.08 Å². The van der Waals surface area contributed by atoms with Crippen molar-refractivity contribution in [3.05, 3.63) is 46.0 Å². The van der Waals surface area contributed by atoms with Crippen LogP contribution in [0, 0.1) is 10.1 Å². The maximum Gasteiger partial charge on any atom is 0.276 e. The summed E-state index contributed by atoms with van der Waals surface area (Å²) in [7, 11) is 0. The Morgan fingerprint density at radius 1 is 1.45 bits per heavy atom. The van der Waals surface area contributed by atoms with E-state index in [0.29, 0.717) is 12.0 Å². The van der Waals surface area contributed by atoms with E-state index in [1.165, 1.54) is 18.2 Å². The largest absolute Gasteiger partial charge is 0.393 e. The van der Waals surface area contributed by atoms with Crippen LogP contribution < -0.4 is 5.32 Å². The number of nitrogens with zero attached hydrogens (tertiary/aromatic N) is 1. The molecule has 108 valence electrons. The zero-order chi connectivity index (χ0) is 15.1. The molecule has 0 spiro atoms. The van der Waals surface area contributed by atoms with E-state index < -0.39 is 11.0 Å². The fourth-order valence-corrected chi connectivity index (χ4v) is 1.82. The number of hydrogen-bond acceptors (Lipinski definition) is 4. The molecular weight excluding hydrogens is 260 g/mol. The van der Waals surface area contributed by atoms with Crippen LogP contribution in [0.2, 0.25) is 0 Å². The van der Waals surface area contributed by atoms with Gasteiger partial charge in [0.25, 0.3) is 5.69 Å². The first kappa shape index (κ1) is 15.8. The lowest BCUT2D eigenvalue weighted by Gasteiger charge is -2.13. The number of hydrogen-bond donors (Lipinski definition) is 2. The Bertz CT molecular complexity index is 512. The van der Waals surface area contributed by atoms with Gasteiger partial charge in [-0.1, -0.05) is 12.1 Å². The molecule has 1 aromatic carbocycles. The summed E-state index contributed by atoms with van der Waals surface area (Å²) in [6.07, 6.45) is 2.61. The van der Waals surface area contributed by atoms with E-state index in [1.807, 2.05) is 0 Å². The Labute approximate surface area is 117 Å². The molecule has 2 N–H and O–H groups in total. The summed E-state index contributed by atoms with van der Waals surface area (Å²) in [4.78, 5) is 22.0. The normalized spacial score (nSPS) is 13.9. The lowest BCUT2D eigenvalue weighted by atomic mass is 10.1. The third kappa shape index (κ3) is 5.19. The van der Waals surface area contributed by atoms with Crippen molar-refractivity contribution in [2.24, 2.45) is 0 Å². The molecule has 2 atom stereocenters. The van der Waals surface area contributed by atoms with Crippen molar-refractivity contribution in [3.8, 4) is 0 Å². The Kier molecular flexibility index (Phi) is 5.86. The van der Waals surface area contributed by atoms with Crippen LogP contribution in [-0.2, 0) is 4.79 Å². The molecule has 1 rings (SSSR count). The SMILES string of the molecule is CC(O)CC(C)NC(=O)/C=C/c1ccccc1[N+](=O)[O-]. The summed E-state index contributed by atoms with van der Waals surface area (Å²) in [6, 6.07) is 6.02. The molecule has 20 heavy (non-hydrogen) atoms. The van der Waals surface area contributed by atoms with Crippen LogP contribution in [0.15, 0.2) is 30.3 Å². The minimum absolute atomic E-state index is 0.0476. The van der Waals surface area contributed by atoms with E-state index >= 15 is 0 Å². The van der Waals surface area contributed by atoms with E-state index in [1.54, 1.807) is 32.0 Å². The van der Waals surface area contributed by atoms with Gasteiger partial charge in [0.15, 0.2) is 0 Å². The predicted octanol–water partition coefficient (Wildman–Crippen LogP) is 1.88. The molecule has 1 amide bonds. The first-order valence-electron chi connectivity index (χ1n) is 6.30. The van der Waals surface area contributed by atoms with Crippen LogP contribution in [0.1, 0.15) is 25.8 Å². The minimum atomic E-state index is -0.496. The number of aliphatic hydroxyl groups excluding tert-OH is 1. The highest BCUT2D eigenvalue weighted by Gasteiger charge is 2.11. The van der Waals surface area contributed by atoms with Gasteiger partial charge in [-0.2, -0.15) is 0 Å². The molecule has 0 aliphatic heterocycles. The first-order chi connectivity index (χ1) is 9.40. The summed E-state index contributed by atoms with van der Waals surface area (Å²) >= 11 is 0. The maximum absolute atomic E-state index is 11.6. The lowest BCUT2D eigenvalue weighted by Crippen LogP contribution is -2.33. The smallest absolute Gasteiger partial charge is 0.276 e. The summed E-state index contributed by atoms with van der Waals surface area (Å²) < 4.78 is 0. The molecule has 0 aliphatic rings. The number of nitrogens with one attached hydrogen (secondary N) is 1. The second-order valence-electron chi connectivity index (χ2n) is 4.64. The number of carbonyl (C=O) groups excluding carboxylic acids is 1. The lowest BCUT2D eigenvalue weighted by molar-refractivity contribution is -0.385. The van der Waals surface area contributed by atoms with Crippen molar-refractivity contribution in [1.82, 2.24) is 5.32 Å². The average molecular weight is 278 g/mol. The molecule has 6 nitrogen and oxygen atoms in total. The fourth-order valence-electron chi connectivity index (χ4n) is 1.82. The molecule has 2 unspecified atom stereocenters. The van der Waals surface area contributed by atoms with E-state index in [-0.39, 0.29) is 17.6 Å². The Morgan fingerprint density at radius 3 is 2.70 bits per heavy atom. The Balaban J connectivity index is 2.68. The Hall–Kier alpha value is -2.21. The topological polar surface area (TPSA) is 92.5 Å². The molecule has 0 radical (unpaired) electrons. The molecule has 0 fully saturated rings. The molecule has 0 bridgehead atoms. The molecule has 6 heteroatoms. The molecule has 0 saturated carbocycles. The van der Waals surface area contributed by atoms with Crippen molar-refractivity contribution in [2.75, 3.05) is 0 Å². The highest BCUT2D eigenvalue weighted by atomic mass is 16.6. The summed E-state index contributed by atoms with van der Waals surface area (Å²) in [5.41, 5.74) is 0.324. The maximum atomic E-state index is 11.6. The minimum Gasteiger partial charge on any atom is -0.393 e. The number of rotatable bonds is 6. The predicted molar refractivity (Wildman–Crippen MR) is 76.0 cm³/mol. The van der Waals surface area contributed by atoms with Crippen LogP contribution in [0.5, 0.6) is 0 Å². The number of nitro groups is 1. The third-order valence-electron chi connectivity index (χ3n) is 2.63. The van der Waals surface area contributed by atoms with Gasteiger partial charge in [-0.3, -0.25) is 14.9 Å². The van der Waals surface area contributed by atoms with Crippen LogP contribution in [0.4, 0.5) is 5.69 Å². The zero-order valence-electron chi connectivity index (χ0n) is 11.4. The first-order valence-corrected chi connectivity index (χ1v) is 6.30. The second-order valence-corrected chi connectivity index (χ2v) is 4.64. The van der Waals surface area contributed by atoms with Gasteiger partial charge < -0.3 is 10.4 Å². The van der Waals surface area contributed by atoms with E-state index in [4.69, 9.17) is 0 Å². The van der Waals surface area contributed by atoms with Crippen molar-refractivity contribution in [3.63, 3.8) is 0 Å². The van der Waals surface area contributed by atoms with E-state index in [0.717, 1.165) is 0 Å². The molecule has 1 aromatic rings. The highest BCUT2D eigenvalue weighted by Crippen LogP contribution is 2.18. The molecule has 0 saturated heterocycles. The number of benzene rings is 1. The van der Waals surface area contributed by atoms with Crippen molar-refractivity contribution >= 4 is 17.7 Å². The number of carbonyl (C=O) groups is 1. The van der Waals surface area contributed by atoms with Gasteiger partial charge in [0.1, 0.15) is 0 Å². The summed E-state index contributed by atoms with van der Waals surface area (Å²) in [5.74, 6) is -0.351. The third-order valence-corrected chi connectivity index (χ3v) is 2.63. The average Bonchev–Trinajstić information content (AvgIpc) is 2.35. The van der Waals surface area contributed by atoms with Crippen LogP contribution in [0.3, 0.4) is 0 Å². The van der Waals surface area contributed by atoms with Gasteiger partial charge in [-0.25, -0.2) is 0 Å². The van der Waals surface area contributed by atoms with E-state index in [9.17, 15) is 20.0 Å². The molecule has 0 aromatic heterocycles. The monoisotopic (exact) mass is 278 g/mol. The standard InChI is InChI=1S/C14H18N2O4/c1-10(9-11(2)17)15-14(18)8-7-12-5-3-4-6-13(12)16(19)20/h3-8,10-11,17H,9H2,1-2H3,(H,15,18)/b8-7+. The van der Waals surface area contributed by atoms with Gasteiger partial charge in [-0.15, -0.1) is 0 Å². The van der Waals surface area contributed by atoms with Gasteiger partial charge >= 0.3 is 0 Å². The Morgan fingerprint density at radius 2 is 2.10 bits per heavy atom. The fraction of sp³-hybridized carbons (Fsp3) is 0.357. The second kappa shape index (κ2) is 7.40. The van der Waals surface area contributed by atoms with Gasteiger partial charge in [0, 0.05) is 18.2 Å². The number of amides is 1. The zero-order valence-corrected chi connectivity index (χ0v) is 11.4. The molecular formula is C14H18N2O4. The van der Waals surface area contributed by atoms with Gasteiger partial charge in [-0.05, 0) is 32.4 Å². The van der Waals surface area contributed by atoms with Crippen molar-refractivity contribution in [2.45, 2.75) is 32.4 Å². The number of aliphatic hydroxyl groups is 1. The number of nitro benzene ring substituents is 1. The van der Waals surface area contributed by atoms with Crippen molar-refractivity contribution < 1.29 is 14.8 Å². The van der Waals surface area contributed by atoms with Crippen LogP contribution >= 0.6 is 0 Å². The van der Waals surface area contributed by atoms with Gasteiger partial charge in [0.05, 0.1) is 16.6 Å². The summed E-state index contributed by atoms with van der Waals surface area (Å²) in [5, 5.41) is 22.7. The summed E-state index contributed by atoms with van der Waals surface area (Å²) in [6.45, 7) is 3.43. The van der Waals surface area contributed by atoms with Crippen LogP contribution in [-0.4, -0.2) is 28.1 Å². The highest BCUT2D eigenvalue weighted by molar-refractivity contribution is 5.92. The quantitative estimate of drug-likeness (QED) is 0.472.